The maximum absolute atomic E-state index is 13.8. The molecule has 7 amide bonds. The highest BCUT2D eigenvalue weighted by atomic mass is 16.4. The van der Waals surface area contributed by atoms with Crippen LogP contribution in [-0.2, 0) is 38.4 Å². The molecule has 0 aromatic rings. The zero-order valence-corrected chi connectivity index (χ0v) is 37.2. The van der Waals surface area contributed by atoms with Gasteiger partial charge in [0.25, 0.3) is 0 Å². The van der Waals surface area contributed by atoms with Crippen molar-refractivity contribution in [2.24, 2.45) is 29.4 Å². The van der Waals surface area contributed by atoms with Crippen molar-refractivity contribution in [2.45, 2.75) is 183 Å². The Morgan fingerprint density at radius 2 is 0.649 bits per heavy atom. The largest absolute Gasteiger partial charge is 0.480 e. The molecule has 0 spiro atoms. The molecule has 0 saturated heterocycles. The van der Waals surface area contributed by atoms with Crippen LogP contribution in [0.5, 0.6) is 0 Å². The summed E-state index contributed by atoms with van der Waals surface area (Å²) >= 11 is 0. The molecule has 0 fully saturated rings. The Bertz CT molecular complexity index is 1450. The van der Waals surface area contributed by atoms with E-state index in [0.717, 1.165) is 0 Å². The summed E-state index contributed by atoms with van der Waals surface area (Å²) in [6, 6.07) is -4.17. The number of rotatable bonds is 23. The van der Waals surface area contributed by atoms with Gasteiger partial charge in [-0.2, -0.15) is 0 Å². The van der Waals surface area contributed by atoms with Gasteiger partial charge in [-0.3, -0.25) is 33.6 Å². The minimum absolute atomic E-state index is 0.0542. The zero-order valence-electron chi connectivity index (χ0n) is 37.2. The number of hydrogen-bond acceptors (Lipinski definition) is 9. The third kappa shape index (κ3) is 18.2. The van der Waals surface area contributed by atoms with E-state index in [4.69, 9.17) is 5.73 Å². The quantitative estimate of drug-likeness (QED) is 0.0720. The molecule has 0 aliphatic carbocycles. The molecule has 17 heteroatoms. The first-order valence-electron chi connectivity index (χ1n) is 19.8. The van der Waals surface area contributed by atoms with Crippen LogP contribution in [0.1, 0.15) is 136 Å². The molecular formula is C40H74N8O9. The van der Waals surface area contributed by atoms with Gasteiger partial charge in [-0.05, 0) is 105 Å². The summed E-state index contributed by atoms with van der Waals surface area (Å²) < 4.78 is 0. The van der Waals surface area contributed by atoms with Crippen LogP contribution in [0.2, 0.25) is 0 Å². The molecule has 0 aliphatic heterocycles. The first-order chi connectivity index (χ1) is 25.6. The maximum atomic E-state index is 13.8. The molecule has 57 heavy (non-hydrogen) atoms. The molecule has 4 atom stereocenters. The lowest BCUT2D eigenvalue weighted by molar-refractivity contribution is -0.146. The molecule has 0 saturated carbocycles. The monoisotopic (exact) mass is 811 g/mol. The highest BCUT2D eigenvalue weighted by molar-refractivity contribution is 6.00. The second-order valence-corrected chi connectivity index (χ2v) is 19.0. The lowest BCUT2D eigenvalue weighted by Crippen LogP contribution is -2.65. The topological polar surface area (TPSA) is 267 Å². The Hall–Kier alpha value is -4.28. The Morgan fingerprint density at radius 1 is 0.421 bits per heavy atom. The molecule has 0 rings (SSSR count). The van der Waals surface area contributed by atoms with Crippen molar-refractivity contribution in [3.05, 3.63) is 0 Å². The molecule has 0 aromatic carbocycles. The number of carboxylic acid groups (broad SMARTS) is 1. The highest BCUT2D eigenvalue weighted by Gasteiger charge is 2.41. The standard InChI is InChI=1S/C40H74N8O9/c1-21(2)17-25(41)29(49)45-37(9,10)33(53)42-26(18-22(3)4)30(50)46-38(11,12)34(54)43-27(19-23(5)6)31(51)47-39(13,14)35(55)44-28(20-24(7)8)32(52)48-40(15,16)36(56)57/h21-28H,17-20,41H2,1-16H3,(H,42,53)(H,43,54)(H,44,55)(H,45,49)(H,46,50)(H,47,51)(H,48,52)(H,56,57)/t25-,26-,27-,28-/m0/s1. The van der Waals surface area contributed by atoms with Gasteiger partial charge in [0.15, 0.2) is 0 Å². The van der Waals surface area contributed by atoms with Crippen molar-refractivity contribution < 1.29 is 43.5 Å². The lowest BCUT2D eigenvalue weighted by atomic mass is 9.95. The number of carbonyl (C=O) groups is 8. The SMILES string of the molecule is CC(C)C[C@H](NC(=O)C(C)(C)NC(=O)[C@H](CC(C)C)NC(=O)C(C)(C)NC(=O)[C@H](CC(C)C)NC(=O)C(C)(C)NC(=O)[C@@H](N)CC(C)C)C(=O)NC(C)(C)C(=O)O. The predicted molar refractivity (Wildman–Crippen MR) is 218 cm³/mol. The fraction of sp³-hybridized carbons (Fsp3) is 0.800. The number of amides is 7. The molecule has 10 N–H and O–H groups in total. The van der Waals surface area contributed by atoms with E-state index in [1.54, 1.807) is 0 Å². The van der Waals surface area contributed by atoms with Crippen LogP contribution in [0.15, 0.2) is 0 Å². The first-order valence-corrected chi connectivity index (χ1v) is 19.8. The number of aliphatic carboxylic acids is 1. The Balaban J connectivity index is 6.07. The van der Waals surface area contributed by atoms with Gasteiger partial charge in [0.05, 0.1) is 6.04 Å². The maximum Gasteiger partial charge on any atom is 0.328 e. The summed E-state index contributed by atoms with van der Waals surface area (Å²) in [5.41, 5.74) is -0.190. The van der Waals surface area contributed by atoms with Crippen molar-refractivity contribution in [2.75, 3.05) is 0 Å². The van der Waals surface area contributed by atoms with E-state index in [9.17, 15) is 43.5 Å². The van der Waals surface area contributed by atoms with Gasteiger partial charge in [0, 0.05) is 0 Å². The molecule has 0 radical (unpaired) electrons. The van der Waals surface area contributed by atoms with Gasteiger partial charge < -0.3 is 48.1 Å². The summed E-state index contributed by atoms with van der Waals surface area (Å²) in [7, 11) is 0. The third-order valence-electron chi connectivity index (χ3n) is 9.03. The molecule has 0 aromatic heterocycles. The van der Waals surface area contributed by atoms with Crippen LogP contribution >= 0.6 is 0 Å². The Morgan fingerprint density at radius 3 is 0.877 bits per heavy atom. The fourth-order valence-corrected chi connectivity index (χ4v) is 5.55. The van der Waals surface area contributed by atoms with Gasteiger partial charge in [-0.1, -0.05) is 55.4 Å². The summed E-state index contributed by atoms with van der Waals surface area (Å²) in [5, 5.41) is 28.0. The molecule has 0 aliphatic rings. The molecule has 0 heterocycles. The van der Waals surface area contributed by atoms with Crippen LogP contribution in [0.25, 0.3) is 0 Å². The first kappa shape index (κ1) is 52.7. The minimum Gasteiger partial charge on any atom is -0.480 e. The van der Waals surface area contributed by atoms with Crippen LogP contribution in [0.4, 0.5) is 0 Å². The van der Waals surface area contributed by atoms with E-state index in [1.807, 2.05) is 55.4 Å². The minimum atomic E-state index is -1.60. The summed E-state index contributed by atoms with van der Waals surface area (Å²) in [6.45, 7) is 26.3. The number of carbonyl (C=O) groups excluding carboxylic acids is 7. The predicted octanol–water partition coefficient (Wildman–Crippen LogP) is 1.62. The second kappa shape index (κ2) is 21.5. The zero-order chi connectivity index (χ0) is 45.0. The van der Waals surface area contributed by atoms with Crippen LogP contribution in [-0.4, -0.2) is 98.7 Å². The second-order valence-electron chi connectivity index (χ2n) is 19.0. The summed E-state index contributed by atoms with van der Waals surface area (Å²) in [4.78, 5) is 106. The summed E-state index contributed by atoms with van der Waals surface area (Å²) in [5.74, 6) is -5.93. The van der Waals surface area contributed by atoms with Crippen LogP contribution in [0.3, 0.4) is 0 Å². The molecule has 328 valence electrons. The number of nitrogens with two attached hydrogens (primary N) is 1. The van der Waals surface area contributed by atoms with Crippen molar-refractivity contribution in [1.82, 2.24) is 37.2 Å². The molecule has 0 unspecified atom stereocenters. The van der Waals surface area contributed by atoms with Crippen LogP contribution in [0, 0.1) is 23.7 Å². The molecule has 0 bridgehead atoms. The van der Waals surface area contributed by atoms with E-state index < -0.39 is 93.6 Å². The average Bonchev–Trinajstić information content (AvgIpc) is 3.01. The Kier molecular flexibility index (Phi) is 19.9. The number of hydrogen-bond donors (Lipinski definition) is 9. The van der Waals surface area contributed by atoms with Crippen molar-refractivity contribution in [3.63, 3.8) is 0 Å². The van der Waals surface area contributed by atoms with E-state index in [1.165, 1.54) is 55.4 Å². The van der Waals surface area contributed by atoms with E-state index in [0.29, 0.717) is 6.42 Å². The van der Waals surface area contributed by atoms with Gasteiger partial charge >= 0.3 is 5.97 Å². The van der Waals surface area contributed by atoms with Crippen molar-refractivity contribution in [3.8, 4) is 0 Å². The van der Waals surface area contributed by atoms with Gasteiger partial charge in [0.2, 0.25) is 41.4 Å². The van der Waals surface area contributed by atoms with Crippen molar-refractivity contribution in [1.29, 1.82) is 0 Å². The summed E-state index contributed by atoms with van der Waals surface area (Å²) in [6.07, 6.45) is 0.975. The van der Waals surface area contributed by atoms with Crippen LogP contribution < -0.4 is 43.0 Å². The van der Waals surface area contributed by atoms with E-state index in [2.05, 4.69) is 37.2 Å². The number of nitrogens with one attached hydrogen (secondary N) is 7. The van der Waals surface area contributed by atoms with Gasteiger partial charge in [0.1, 0.15) is 40.3 Å². The lowest BCUT2D eigenvalue weighted by Gasteiger charge is -2.34. The third-order valence-corrected chi connectivity index (χ3v) is 9.03. The van der Waals surface area contributed by atoms with Crippen molar-refractivity contribution >= 4 is 47.3 Å². The van der Waals surface area contributed by atoms with E-state index in [-0.39, 0.29) is 42.9 Å². The molecular weight excluding hydrogens is 736 g/mol. The van der Waals surface area contributed by atoms with Gasteiger partial charge in [-0.15, -0.1) is 0 Å². The number of carboxylic acids is 1. The molecule has 17 nitrogen and oxygen atoms in total. The smallest absolute Gasteiger partial charge is 0.328 e. The highest BCUT2D eigenvalue weighted by Crippen LogP contribution is 2.16. The average molecular weight is 811 g/mol. The normalized spacial score (nSPS) is 14.6. The Labute approximate surface area is 339 Å². The van der Waals surface area contributed by atoms with Gasteiger partial charge in [-0.25, -0.2) is 4.79 Å². The van der Waals surface area contributed by atoms with E-state index >= 15 is 0 Å². The fourth-order valence-electron chi connectivity index (χ4n) is 5.55.